The third kappa shape index (κ3) is 7.84. The molecular formula is C13H14BrNO. The maximum Gasteiger partial charge on any atom is 0.119 e. The molecule has 0 aliphatic rings. The molecule has 0 radical (unpaired) electrons. The van der Waals surface area contributed by atoms with Crippen LogP contribution in [0.5, 0.6) is 0 Å². The largest absolute Gasteiger partial charge is 0.463 e. The fourth-order valence-corrected chi connectivity index (χ4v) is 0.870. The Kier molecular flexibility index (Phi) is 6.98. The topological polar surface area (TPSA) is 33.0 Å². The van der Waals surface area contributed by atoms with Crippen LogP contribution in [0.1, 0.15) is 13.8 Å². The van der Waals surface area contributed by atoms with Gasteiger partial charge < -0.3 is 4.74 Å². The fourth-order valence-electron chi connectivity index (χ4n) is 0.738. The summed E-state index contributed by atoms with van der Waals surface area (Å²) in [5.41, 5.74) is 0.623. The molecule has 84 valence electrons. The van der Waals surface area contributed by atoms with Crippen LogP contribution in [0, 0.1) is 11.3 Å². The lowest BCUT2D eigenvalue weighted by molar-refractivity contribution is 0.324. The van der Waals surface area contributed by atoms with Crippen LogP contribution in [0.25, 0.3) is 0 Å². The molecule has 0 aromatic heterocycles. The number of rotatable bonds is 5. The molecule has 3 heteroatoms. The van der Waals surface area contributed by atoms with E-state index in [1.807, 2.05) is 6.07 Å². The van der Waals surface area contributed by atoms with E-state index < -0.39 is 0 Å². The molecule has 0 rings (SSSR count). The van der Waals surface area contributed by atoms with Crippen molar-refractivity contribution in [1.82, 2.24) is 0 Å². The van der Waals surface area contributed by atoms with Crippen molar-refractivity contribution in [2.75, 3.05) is 0 Å². The zero-order chi connectivity index (χ0) is 12.6. The van der Waals surface area contributed by atoms with E-state index in [-0.39, 0.29) is 0 Å². The van der Waals surface area contributed by atoms with Crippen LogP contribution < -0.4 is 0 Å². The van der Waals surface area contributed by atoms with Crippen molar-refractivity contribution < 1.29 is 4.74 Å². The molecule has 0 spiro atoms. The first-order chi connectivity index (χ1) is 7.45. The third-order valence-corrected chi connectivity index (χ3v) is 1.75. The predicted molar refractivity (Wildman–Crippen MR) is 70.6 cm³/mol. The minimum absolute atomic E-state index is 0.511. The highest BCUT2D eigenvalue weighted by Gasteiger charge is 1.91. The minimum Gasteiger partial charge on any atom is -0.463 e. The number of hydrogen-bond donors (Lipinski definition) is 0. The van der Waals surface area contributed by atoms with Crippen molar-refractivity contribution in [3.63, 3.8) is 0 Å². The lowest BCUT2D eigenvalue weighted by Crippen LogP contribution is -1.85. The number of ether oxygens (including phenoxy) is 1. The highest BCUT2D eigenvalue weighted by Crippen LogP contribution is 2.09. The second kappa shape index (κ2) is 7.72. The van der Waals surface area contributed by atoms with E-state index >= 15 is 0 Å². The zero-order valence-electron chi connectivity index (χ0n) is 9.46. The highest BCUT2D eigenvalue weighted by molar-refractivity contribution is 9.11. The van der Waals surface area contributed by atoms with Crippen LogP contribution in [0.3, 0.4) is 0 Å². The van der Waals surface area contributed by atoms with Crippen LogP contribution >= 0.6 is 15.9 Å². The Morgan fingerprint density at radius 3 is 2.38 bits per heavy atom. The van der Waals surface area contributed by atoms with Crippen molar-refractivity contribution in [1.29, 1.82) is 5.26 Å². The first kappa shape index (κ1) is 14.5. The Labute approximate surface area is 105 Å². The van der Waals surface area contributed by atoms with E-state index in [0.717, 1.165) is 4.48 Å². The van der Waals surface area contributed by atoms with Gasteiger partial charge in [-0.1, -0.05) is 29.1 Å². The van der Waals surface area contributed by atoms with Gasteiger partial charge in [0.15, 0.2) is 0 Å². The first-order valence-electron chi connectivity index (χ1n) is 4.60. The number of nitriles is 1. The lowest BCUT2D eigenvalue weighted by atomic mass is 10.3. The quantitative estimate of drug-likeness (QED) is 0.426. The van der Waals surface area contributed by atoms with Crippen LogP contribution in [0.4, 0.5) is 0 Å². The van der Waals surface area contributed by atoms with E-state index in [1.165, 1.54) is 0 Å². The van der Waals surface area contributed by atoms with Crippen LogP contribution in [-0.2, 0) is 4.74 Å². The van der Waals surface area contributed by atoms with Gasteiger partial charge in [-0.15, -0.1) is 0 Å². The Balaban J connectivity index is 4.36. The molecule has 0 aliphatic carbocycles. The molecule has 0 saturated carbocycles. The van der Waals surface area contributed by atoms with Gasteiger partial charge in [0.2, 0.25) is 0 Å². The smallest absolute Gasteiger partial charge is 0.119 e. The van der Waals surface area contributed by atoms with Crippen LogP contribution in [0.15, 0.2) is 59.0 Å². The average molecular weight is 280 g/mol. The summed E-state index contributed by atoms with van der Waals surface area (Å²) < 4.78 is 6.11. The van der Waals surface area contributed by atoms with Gasteiger partial charge in [0.05, 0.1) is 6.07 Å². The second-order valence-electron chi connectivity index (χ2n) is 3.09. The van der Waals surface area contributed by atoms with Gasteiger partial charge in [-0.2, -0.15) is 5.26 Å². The van der Waals surface area contributed by atoms with Gasteiger partial charge in [-0.25, -0.2) is 0 Å². The van der Waals surface area contributed by atoms with Crippen molar-refractivity contribution >= 4 is 15.9 Å². The maximum atomic E-state index is 8.54. The molecule has 0 aromatic rings. The summed E-state index contributed by atoms with van der Waals surface area (Å²) in [7, 11) is 0. The van der Waals surface area contributed by atoms with Gasteiger partial charge in [0.1, 0.15) is 11.5 Å². The van der Waals surface area contributed by atoms with E-state index in [4.69, 9.17) is 10.00 Å². The molecule has 0 bridgehead atoms. The monoisotopic (exact) mass is 279 g/mol. The molecule has 0 unspecified atom stereocenters. The van der Waals surface area contributed by atoms with Crippen molar-refractivity contribution in [3.05, 3.63) is 59.0 Å². The number of halogens is 1. The summed E-state index contributed by atoms with van der Waals surface area (Å²) in [5, 5.41) is 8.54. The molecule has 0 aliphatic heterocycles. The minimum atomic E-state index is 0.511. The summed E-state index contributed by atoms with van der Waals surface area (Å²) in [6, 6.07) is 2.02. The Hall–Kier alpha value is -1.53. The molecule has 0 heterocycles. The van der Waals surface area contributed by atoms with E-state index in [9.17, 15) is 0 Å². The van der Waals surface area contributed by atoms with Crippen LogP contribution in [0.2, 0.25) is 0 Å². The van der Waals surface area contributed by atoms with Gasteiger partial charge in [0.25, 0.3) is 0 Å². The van der Waals surface area contributed by atoms with Crippen molar-refractivity contribution in [2.24, 2.45) is 0 Å². The molecular weight excluding hydrogens is 266 g/mol. The molecule has 0 N–H and O–H groups in total. The van der Waals surface area contributed by atoms with Gasteiger partial charge in [-0.3, -0.25) is 0 Å². The average Bonchev–Trinajstić information content (AvgIpc) is 2.23. The van der Waals surface area contributed by atoms with Gasteiger partial charge in [-0.05, 0) is 38.2 Å². The molecule has 2 nitrogen and oxygen atoms in total. The summed E-state index contributed by atoms with van der Waals surface area (Å²) >= 11 is 3.19. The lowest BCUT2D eigenvalue weighted by Gasteiger charge is -2.03. The molecule has 0 amide bonds. The van der Waals surface area contributed by atoms with Crippen molar-refractivity contribution in [3.8, 4) is 6.07 Å². The molecule has 0 fully saturated rings. The number of allylic oxidation sites excluding steroid dienone is 7. The molecule has 16 heavy (non-hydrogen) atoms. The Bertz CT molecular complexity index is 408. The summed E-state index contributed by atoms with van der Waals surface area (Å²) in [5.74, 6) is 1.18. The summed E-state index contributed by atoms with van der Waals surface area (Å²) in [6.45, 7) is 10.9. The second-order valence-corrected chi connectivity index (χ2v) is 4.11. The Morgan fingerprint density at radius 1 is 1.25 bits per heavy atom. The highest BCUT2D eigenvalue weighted by atomic mass is 79.9. The normalized spacial score (nSPS) is 12.4. The van der Waals surface area contributed by atoms with Crippen molar-refractivity contribution in [2.45, 2.75) is 13.8 Å². The number of hydrogen-bond acceptors (Lipinski definition) is 2. The standard InChI is InChI=1S/C13H14BrNO/c1-10(9-15)5-7-12(3)16-13(4)8-6-11(2)14/h5-8H,2,4H2,1,3H3/b8-6-,10-5+,12-7+. The summed E-state index contributed by atoms with van der Waals surface area (Å²) in [6.07, 6.45) is 6.86. The third-order valence-electron chi connectivity index (χ3n) is 1.49. The zero-order valence-corrected chi connectivity index (χ0v) is 11.0. The number of nitrogens with zero attached hydrogens (tertiary/aromatic N) is 1. The SMILES string of the molecule is C=C(Br)/C=C\C(=C)O/C(C)=C/C=C(\C)C#N. The molecule has 0 aromatic carbocycles. The summed E-state index contributed by atoms with van der Waals surface area (Å²) in [4.78, 5) is 0. The fraction of sp³-hybridized carbons (Fsp3) is 0.154. The Morgan fingerprint density at radius 2 is 1.88 bits per heavy atom. The van der Waals surface area contributed by atoms with Gasteiger partial charge in [0, 0.05) is 10.1 Å². The van der Waals surface area contributed by atoms with Crippen LogP contribution in [-0.4, -0.2) is 0 Å². The van der Waals surface area contributed by atoms with E-state index in [1.54, 1.807) is 38.2 Å². The van der Waals surface area contributed by atoms with E-state index in [2.05, 4.69) is 29.1 Å². The predicted octanol–water partition coefficient (Wildman–Crippen LogP) is 4.36. The molecule has 0 saturated heterocycles. The molecule has 0 atom stereocenters. The first-order valence-corrected chi connectivity index (χ1v) is 5.39. The van der Waals surface area contributed by atoms with E-state index in [0.29, 0.717) is 17.1 Å². The van der Waals surface area contributed by atoms with Gasteiger partial charge >= 0.3 is 0 Å². The maximum absolute atomic E-state index is 8.54.